The third-order valence-electron chi connectivity index (χ3n) is 3.15. The van der Waals surface area contributed by atoms with E-state index >= 15 is 0 Å². The van der Waals surface area contributed by atoms with Crippen LogP contribution in [0.15, 0.2) is 36.5 Å². The SMILES string of the molecule is CC(=O)Nc1cc(C(=O)NCc2cccc(C(F)(F)I)c2Cl)ccn1. The lowest BCUT2D eigenvalue weighted by atomic mass is 10.1. The maximum Gasteiger partial charge on any atom is 0.323 e. The number of aromatic nitrogens is 1. The van der Waals surface area contributed by atoms with E-state index in [0.717, 1.165) is 22.6 Å². The Morgan fingerprint density at radius 1 is 1.32 bits per heavy atom. The average molecular weight is 480 g/mol. The molecular weight excluding hydrogens is 467 g/mol. The van der Waals surface area contributed by atoms with E-state index in [0.29, 0.717) is 5.56 Å². The summed E-state index contributed by atoms with van der Waals surface area (Å²) in [5.41, 5.74) is 0.337. The Hall–Kier alpha value is -1.81. The zero-order valence-electron chi connectivity index (χ0n) is 12.9. The first kappa shape index (κ1) is 19.5. The van der Waals surface area contributed by atoms with E-state index in [2.05, 4.69) is 15.6 Å². The van der Waals surface area contributed by atoms with Crippen molar-refractivity contribution < 1.29 is 18.4 Å². The molecule has 0 aliphatic heterocycles. The second-order valence-electron chi connectivity index (χ2n) is 5.07. The summed E-state index contributed by atoms with van der Waals surface area (Å²) in [6.45, 7) is 1.31. The number of benzene rings is 1. The molecule has 0 aliphatic carbocycles. The van der Waals surface area contributed by atoms with Crippen LogP contribution in [-0.2, 0) is 15.3 Å². The summed E-state index contributed by atoms with van der Waals surface area (Å²) in [7, 11) is 0. The third-order valence-corrected chi connectivity index (χ3v) is 4.18. The molecule has 2 amide bonds. The summed E-state index contributed by atoms with van der Waals surface area (Å²) in [5, 5.41) is 4.99. The quantitative estimate of drug-likeness (QED) is 0.501. The number of hydrogen-bond donors (Lipinski definition) is 2. The minimum atomic E-state index is -3.10. The van der Waals surface area contributed by atoms with Crippen LogP contribution in [-0.4, -0.2) is 16.8 Å². The van der Waals surface area contributed by atoms with Crippen molar-refractivity contribution in [1.82, 2.24) is 10.3 Å². The lowest BCUT2D eigenvalue weighted by Gasteiger charge is -2.14. The molecule has 1 heterocycles. The van der Waals surface area contributed by atoms with E-state index in [1.54, 1.807) is 6.07 Å². The molecule has 5 nitrogen and oxygen atoms in total. The molecule has 0 spiro atoms. The van der Waals surface area contributed by atoms with Crippen molar-refractivity contribution in [1.29, 1.82) is 0 Å². The van der Waals surface area contributed by atoms with Crippen LogP contribution >= 0.6 is 34.2 Å². The van der Waals surface area contributed by atoms with Crippen molar-refractivity contribution in [2.24, 2.45) is 0 Å². The van der Waals surface area contributed by atoms with Gasteiger partial charge in [-0.25, -0.2) is 4.98 Å². The van der Waals surface area contributed by atoms with Gasteiger partial charge in [0.1, 0.15) is 5.82 Å². The molecule has 0 bridgehead atoms. The highest BCUT2D eigenvalue weighted by atomic mass is 127. The molecule has 9 heteroatoms. The predicted molar refractivity (Wildman–Crippen MR) is 99.1 cm³/mol. The fourth-order valence-electron chi connectivity index (χ4n) is 2.03. The van der Waals surface area contributed by atoms with Gasteiger partial charge < -0.3 is 10.6 Å². The molecule has 0 atom stereocenters. The molecule has 132 valence electrons. The van der Waals surface area contributed by atoms with Crippen LogP contribution in [0.2, 0.25) is 5.02 Å². The van der Waals surface area contributed by atoms with E-state index in [9.17, 15) is 18.4 Å². The number of amides is 2. The molecule has 0 saturated carbocycles. The molecule has 25 heavy (non-hydrogen) atoms. The summed E-state index contributed by atoms with van der Waals surface area (Å²) < 4.78 is 23.9. The lowest BCUT2D eigenvalue weighted by molar-refractivity contribution is -0.114. The number of rotatable bonds is 5. The Bertz CT molecular complexity index is 812. The number of nitrogens with one attached hydrogen (secondary N) is 2. The van der Waals surface area contributed by atoms with Crippen molar-refractivity contribution in [3.8, 4) is 0 Å². The highest BCUT2D eigenvalue weighted by Gasteiger charge is 2.30. The number of nitrogens with zero attached hydrogens (tertiary/aromatic N) is 1. The van der Waals surface area contributed by atoms with Gasteiger partial charge >= 0.3 is 3.93 Å². The Balaban J connectivity index is 2.12. The summed E-state index contributed by atoms with van der Waals surface area (Å²) in [4.78, 5) is 27.1. The predicted octanol–water partition coefficient (Wildman–Crippen LogP) is 4.11. The van der Waals surface area contributed by atoms with Gasteiger partial charge in [0.05, 0.1) is 5.02 Å². The Morgan fingerprint density at radius 3 is 2.68 bits per heavy atom. The van der Waals surface area contributed by atoms with Crippen LogP contribution in [0.25, 0.3) is 0 Å². The smallest absolute Gasteiger partial charge is 0.323 e. The van der Waals surface area contributed by atoms with Crippen molar-refractivity contribution in [2.45, 2.75) is 17.4 Å². The van der Waals surface area contributed by atoms with Gasteiger partial charge in [-0.2, -0.15) is 8.78 Å². The van der Waals surface area contributed by atoms with E-state index in [1.807, 2.05) is 0 Å². The van der Waals surface area contributed by atoms with Gasteiger partial charge in [0, 0.05) is 53.4 Å². The molecule has 2 aromatic rings. The maximum atomic E-state index is 13.5. The summed E-state index contributed by atoms with van der Waals surface area (Å²) in [5.74, 6) is -0.519. The number of anilines is 1. The first-order valence-electron chi connectivity index (χ1n) is 7.05. The van der Waals surface area contributed by atoms with Gasteiger partial charge in [-0.15, -0.1) is 0 Å². The highest BCUT2D eigenvalue weighted by molar-refractivity contribution is 14.1. The number of alkyl halides is 3. The molecule has 0 saturated heterocycles. The monoisotopic (exact) mass is 479 g/mol. The van der Waals surface area contributed by atoms with Gasteiger partial charge in [-0.1, -0.05) is 29.8 Å². The highest BCUT2D eigenvalue weighted by Crippen LogP contribution is 2.40. The molecule has 0 aliphatic rings. The lowest BCUT2D eigenvalue weighted by Crippen LogP contribution is -2.23. The van der Waals surface area contributed by atoms with Crippen molar-refractivity contribution in [3.05, 3.63) is 58.2 Å². The molecule has 2 N–H and O–H groups in total. The van der Waals surface area contributed by atoms with Gasteiger partial charge in [0.25, 0.3) is 5.91 Å². The third kappa shape index (κ3) is 5.33. The first-order valence-corrected chi connectivity index (χ1v) is 8.50. The van der Waals surface area contributed by atoms with E-state index < -0.39 is 9.84 Å². The molecule has 0 fully saturated rings. The molecular formula is C16H13ClF2IN3O2. The minimum Gasteiger partial charge on any atom is -0.348 e. The van der Waals surface area contributed by atoms with E-state index in [4.69, 9.17) is 11.6 Å². The van der Waals surface area contributed by atoms with Gasteiger partial charge in [-0.05, 0) is 17.7 Å². The molecule has 1 aromatic carbocycles. The normalized spacial score (nSPS) is 11.1. The Labute approximate surface area is 161 Å². The zero-order chi connectivity index (χ0) is 18.6. The first-order chi connectivity index (χ1) is 11.7. The van der Waals surface area contributed by atoms with Crippen molar-refractivity contribution in [2.75, 3.05) is 5.32 Å². The second-order valence-corrected chi connectivity index (χ2v) is 6.80. The summed E-state index contributed by atoms with van der Waals surface area (Å²) >= 11 is 7.01. The van der Waals surface area contributed by atoms with Crippen molar-refractivity contribution >= 4 is 51.8 Å². The van der Waals surface area contributed by atoms with Crippen LogP contribution in [0.4, 0.5) is 14.6 Å². The number of pyridine rings is 1. The topological polar surface area (TPSA) is 71.1 Å². The van der Waals surface area contributed by atoms with Gasteiger partial charge in [-0.3, -0.25) is 9.59 Å². The van der Waals surface area contributed by atoms with E-state index in [-0.39, 0.29) is 34.4 Å². The van der Waals surface area contributed by atoms with Crippen LogP contribution in [0.3, 0.4) is 0 Å². The van der Waals surface area contributed by atoms with E-state index in [1.165, 1.54) is 37.4 Å². The number of carbonyl (C=O) groups excluding carboxylic acids is 2. The second kappa shape index (κ2) is 8.05. The molecule has 0 unspecified atom stereocenters. The van der Waals surface area contributed by atoms with Crippen LogP contribution in [0.5, 0.6) is 0 Å². The standard InChI is InChI=1S/C16H13ClF2IN3O2/c1-9(24)23-13-7-10(5-6-21-13)15(25)22-8-11-3-2-4-12(14(11)17)16(18,19)20/h2-7H,8H2,1H3,(H,22,25)(H,21,23,24). The fourth-order valence-corrected chi connectivity index (χ4v) is 2.95. The number of halogens is 4. The summed E-state index contributed by atoms with van der Waals surface area (Å²) in [6.07, 6.45) is 1.38. The Kier molecular flexibility index (Phi) is 6.28. The molecule has 0 radical (unpaired) electrons. The molecule has 2 rings (SSSR count). The van der Waals surface area contributed by atoms with Crippen LogP contribution in [0, 0.1) is 0 Å². The Morgan fingerprint density at radius 2 is 2.04 bits per heavy atom. The van der Waals surface area contributed by atoms with Gasteiger partial charge in [0.15, 0.2) is 0 Å². The number of carbonyl (C=O) groups is 2. The zero-order valence-corrected chi connectivity index (χ0v) is 15.9. The largest absolute Gasteiger partial charge is 0.348 e. The van der Waals surface area contributed by atoms with Gasteiger partial charge in [0.2, 0.25) is 5.91 Å². The van der Waals surface area contributed by atoms with Crippen LogP contribution < -0.4 is 10.6 Å². The summed E-state index contributed by atoms with van der Waals surface area (Å²) in [6, 6.07) is 7.13. The van der Waals surface area contributed by atoms with Crippen molar-refractivity contribution in [3.63, 3.8) is 0 Å². The average Bonchev–Trinajstić information content (AvgIpc) is 2.52. The maximum absolute atomic E-state index is 13.5. The van der Waals surface area contributed by atoms with Crippen LogP contribution in [0.1, 0.15) is 28.4 Å². The molecule has 1 aromatic heterocycles. The fraction of sp³-hybridized carbons (Fsp3) is 0.188. The number of hydrogen-bond acceptors (Lipinski definition) is 3. The minimum absolute atomic E-state index is 0.0178.